The van der Waals surface area contributed by atoms with E-state index in [1.165, 1.54) is 0 Å². The first-order chi connectivity index (χ1) is 9.10. The zero-order valence-electron chi connectivity index (χ0n) is 11.5. The number of ether oxygens (including phenoxy) is 1. The van der Waals surface area contributed by atoms with Gasteiger partial charge in [0.1, 0.15) is 0 Å². The third kappa shape index (κ3) is 5.59. The SMILES string of the molecule is CCNc1ccc(S(=O)(=O)NCCCCOC)cc1. The minimum absolute atomic E-state index is 0.292. The molecule has 1 aromatic rings. The maximum Gasteiger partial charge on any atom is 0.240 e. The molecule has 0 aliphatic heterocycles. The fraction of sp³-hybridized carbons (Fsp3) is 0.538. The van der Waals surface area contributed by atoms with Gasteiger partial charge in [-0.05, 0) is 44.0 Å². The Morgan fingerprint density at radius 1 is 1.16 bits per heavy atom. The molecule has 5 nitrogen and oxygen atoms in total. The summed E-state index contributed by atoms with van der Waals surface area (Å²) in [5.74, 6) is 0. The van der Waals surface area contributed by atoms with Crippen LogP contribution in [0.1, 0.15) is 19.8 Å². The summed E-state index contributed by atoms with van der Waals surface area (Å²) in [6, 6.07) is 6.75. The van der Waals surface area contributed by atoms with E-state index in [0.717, 1.165) is 25.1 Å². The van der Waals surface area contributed by atoms with Gasteiger partial charge in [-0.15, -0.1) is 0 Å². The van der Waals surface area contributed by atoms with Crippen molar-refractivity contribution in [1.82, 2.24) is 4.72 Å². The number of hydrogen-bond acceptors (Lipinski definition) is 4. The molecule has 0 unspecified atom stereocenters. The first kappa shape index (κ1) is 15.9. The van der Waals surface area contributed by atoms with Crippen LogP contribution in [0.2, 0.25) is 0 Å². The van der Waals surface area contributed by atoms with Crippen LogP contribution in [0.5, 0.6) is 0 Å². The number of nitrogens with one attached hydrogen (secondary N) is 2. The fourth-order valence-corrected chi connectivity index (χ4v) is 2.69. The summed E-state index contributed by atoms with van der Waals surface area (Å²) in [7, 11) is -1.76. The van der Waals surface area contributed by atoms with Gasteiger partial charge in [-0.25, -0.2) is 13.1 Å². The summed E-state index contributed by atoms with van der Waals surface area (Å²) in [5.41, 5.74) is 0.918. The van der Waals surface area contributed by atoms with Crippen molar-refractivity contribution in [2.24, 2.45) is 0 Å². The Morgan fingerprint density at radius 2 is 1.84 bits per heavy atom. The van der Waals surface area contributed by atoms with Crippen molar-refractivity contribution in [1.29, 1.82) is 0 Å². The quantitative estimate of drug-likeness (QED) is 0.680. The molecule has 0 amide bonds. The van der Waals surface area contributed by atoms with E-state index in [1.807, 2.05) is 6.92 Å². The molecule has 0 fully saturated rings. The zero-order chi connectivity index (χ0) is 14.1. The molecule has 2 N–H and O–H groups in total. The molecule has 1 aromatic carbocycles. The highest BCUT2D eigenvalue weighted by Gasteiger charge is 2.12. The Labute approximate surface area is 115 Å². The predicted molar refractivity (Wildman–Crippen MR) is 76.9 cm³/mol. The van der Waals surface area contributed by atoms with Crippen molar-refractivity contribution in [2.75, 3.05) is 32.1 Å². The lowest BCUT2D eigenvalue weighted by Gasteiger charge is -2.08. The number of benzene rings is 1. The van der Waals surface area contributed by atoms with Crippen LogP contribution in [0, 0.1) is 0 Å². The summed E-state index contributed by atoms with van der Waals surface area (Å²) in [4.78, 5) is 0.292. The van der Waals surface area contributed by atoms with Crippen LogP contribution in [0.25, 0.3) is 0 Å². The lowest BCUT2D eigenvalue weighted by Crippen LogP contribution is -2.25. The Bertz CT molecular complexity index is 457. The number of rotatable bonds is 9. The average molecular weight is 286 g/mol. The monoisotopic (exact) mass is 286 g/mol. The zero-order valence-corrected chi connectivity index (χ0v) is 12.3. The first-order valence-electron chi connectivity index (χ1n) is 6.42. The lowest BCUT2D eigenvalue weighted by molar-refractivity contribution is 0.193. The van der Waals surface area contributed by atoms with Gasteiger partial charge in [0.25, 0.3) is 0 Å². The van der Waals surface area contributed by atoms with Crippen molar-refractivity contribution < 1.29 is 13.2 Å². The van der Waals surface area contributed by atoms with Gasteiger partial charge in [0.15, 0.2) is 0 Å². The smallest absolute Gasteiger partial charge is 0.240 e. The molecule has 0 radical (unpaired) electrons. The molecule has 0 aliphatic rings. The summed E-state index contributed by atoms with van der Waals surface area (Å²) in [6.45, 7) is 3.88. The molecule has 0 aliphatic carbocycles. The van der Waals surface area contributed by atoms with E-state index in [1.54, 1.807) is 31.4 Å². The molecular formula is C13H22N2O3S. The van der Waals surface area contributed by atoms with Gasteiger partial charge in [0, 0.05) is 32.5 Å². The van der Waals surface area contributed by atoms with Crippen molar-refractivity contribution in [3.8, 4) is 0 Å². The maximum atomic E-state index is 12.0. The predicted octanol–water partition coefficient (Wildman–Crippen LogP) is 1.82. The number of unbranched alkanes of at least 4 members (excludes halogenated alkanes) is 1. The van der Waals surface area contributed by atoms with E-state index in [-0.39, 0.29) is 0 Å². The fourth-order valence-electron chi connectivity index (χ4n) is 1.62. The Balaban J connectivity index is 2.52. The highest BCUT2D eigenvalue weighted by atomic mass is 32.2. The van der Waals surface area contributed by atoms with E-state index in [2.05, 4.69) is 10.0 Å². The molecule has 0 aromatic heterocycles. The Hall–Kier alpha value is -1.11. The number of methoxy groups -OCH3 is 1. The Kier molecular flexibility index (Phi) is 6.83. The number of sulfonamides is 1. The largest absolute Gasteiger partial charge is 0.385 e. The number of hydrogen-bond donors (Lipinski definition) is 2. The third-order valence-electron chi connectivity index (χ3n) is 2.61. The normalized spacial score (nSPS) is 11.5. The molecule has 0 bridgehead atoms. The van der Waals surface area contributed by atoms with Crippen LogP contribution in [-0.2, 0) is 14.8 Å². The van der Waals surface area contributed by atoms with E-state index in [4.69, 9.17) is 4.74 Å². The average Bonchev–Trinajstić information content (AvgIpc) is 2.39. The second-order valence-electron chi connectivity index (χ2n) is 4.15. The molecule has 0 saturated heterocycles. The van der Waals surface area contributed by atoms with Crippen LogP contribution in [0.15, 0.2) is 29.2 Å². The third-order valence-corrected chi connectivity index (χ3v) is 4.09. The summed E-state index contributed by atoms with van der Waals surface area (Å²) < 4.78 is 31.4. The molecule has 0 heterocycles. The van der Waals surface area contributed by atoms with Gasteiger partial charge in [-0.2, -0.15) is 0 Å². The second-order valence-corrected chi connectivity index (χ2v) is 5.92. The lowest BCUT2D eigenvalue weighted by atomic mass is 10.3. The van der Waals surface area contributed by atoms with Gasteiger partial charge >= 0.3 is 0 Å². The van der Waals surface area contributed by atoms with Crippen molar-refractivity contribution in [3.63, 3.8) is 0 Å². The topological polar surface area (TPSA) is 67.4 Å². The van der Waals surface area contributed by atoms with Gasteiger partial charge in [0.2, 0.25) is 10.0 Å². The number of anilines is 1. The molecule has 19 heavy (non-hydrogen) atoms. The highest BCUT2D eigenvalue weighted by molar-refractivity contribution is 7.89. The summed E-state index contributed by atoms with van der Waals surface area (Å²) >= 11 is 0. The highest BCUT2D eigenvalue weighted by Crippen LogP contribution is 2.13. The van der Waals surface area contributed by atoms with Gasteiger partial charge in [-0.1, -0.05) is 0 Å². The summed E-state index contributed by atoms with van der Waals surface area (Å²) in [6.07, 6.45) is 1.61. The standard InChI is InChI=1S/C13H22N2O3S/c1-3-14-12-6-8-13(9-7-12)19(16,17)15-10-4-5-11-18-2/h6-9,14-15H,3-5,10-11H2,1-2H3. The van der Waals surface area contributed by atoms with Crippen molar-refractivity contribution in [2.45, 2.75) is 24.7 Å². The first-order valence-corrected chi connectivity index (χ1v) is 7.91. The minimum Gasteiger partial charge on any atom is -0.385 e. The van der Waals surface area contributed by atoms with Crippen LogP contribution in [-0.4, -0.2) is 35.2 Å². The molecule has 108 valence electrons. The van der Waals surface area contributed by atoms with E-state index in [0.29, 0.717) is 18.0 Å². The van der Waals surface area contributed by atoms with Crippen LogP contribution < -0.4 is 10.0 Å². The second kappa shape index (κ2) is 8.14. The van der Waals surface area contributed by atoms with Gasteiger partial charge < -0.3 is 10.1 Å². The molecule has 1 rings (SSSR count). The molecule has 0 atom stereocenters. The molecule has 0 saturated carbocycles. The van der Waals surface area contributed by atoms with E-state index in [9.17, 15) is 8.42 Å². The van der Waals surface area contributed by atoms with E-state index < -0.39 is 10.0 Å². The van der Waals surface area contributed by atoms with E-state index >= 15 is 0 Å². The molecule has 0 spiro atoms. The minimum atomic E-state index is -3.40. The Morgan fingerprint density at radius 3 is 2.42 bits per heavy atom. The maximum absolute atomic E-state index is 12.0. The van der Waals surface area contributed by atoms with Gasteiger partial charge in [0.05, 0.1) is 4.90 Å². The summed E-state index contributed by atoms with van der Waals surface area (Å²) in [5, 5.41) is 3.12. The van der Waals surface area contributed by atoms with Crippen molar-refractivity contribution in [3.05, 3.63) is 24.3 Å². The van der Waals surface area contributed by atoms with Crippen LogP contribution in [0.3, 0.4) is 0 Å². The molecular weight excluding hydrogens is 264 g/mol. The van der Waals surface area contributed by atoms with Crippen LogP contribution in [0.4, 0.5) is 5.69 Å². The van der Waals surface area contributed by atoms with Gasteiger partial charge in [-0.3, -0.25) is 0 Å². The van der Waals surface area contributed by atoms with Crippen molar-refractivity contribution >= 4 is 15.7 Å². The molecule has 6 heteroatoms. The van der Waals surface area contributed by atoms with Crippen LogP contribution >= 0.6 is 0 Å².